The molecule has 1 N–H and O–H groups in total. The zero-order valence-electron chi connectivity index (χ0n) is 14.7. The second-order valence-electron chi connectivity index (χ2n) is 6.68. The van der Waals surface area contributed by atoms with Gasteiger partial charge in [-0.25, -0.2) is 12.7 Å². The lowest BCUT2D eigenvalue weighted by atomic mass is 9.91. The van der Waals surface area contributed by atoms with E-state index in [1.54, 1.807) is 24.3 Å². The number of carbonyl (C=O) groups is 2. The van der Waals surface area contributed by atoms with Crippen molar-refractivity contribution >= 4 is 43.6 Å². The molecule has 2 amide bonds. The largest absolute Gasteiger partial charge is 0.356 e. The summed E-state index contributed by atoms with van der Waals surface area (Å²) in [6, 6.07) is 8.27. The van der Waals surface area contributed by atoms with E-state index in [1.807, 2.05) is 0 Å². The van der Waals surface area contributed by atoms with Gasteiger partial charge in [-0.3, -0.25) is 14.9 Å². The summed E-state index contributed by atoms with van der Waals surface area (Å²) in [6.45, 7) is 0. The van der Waals surface area contributed by atoms with Crippen LogP contribution in [0.25, 0.3) is 21.7 Å². The molecule has 1 aliphatic rings. The van der Waals surface area contributed by atoms with Crippen molar-refractivity contribution in [1.29, 1.82) is 0 Å². The zero-order chi connectivity index (χ0) is 19.3. The molecule has 8 nitrogen and oxygen atoms in total. The van der Waals surface area contributed by atoms with Crippen molar-refractivity contribution in [2.24, 2.45) is 0 Å². The minimum Gasteiger partial charge on any atom is -0.356 e. The van der Waals surface area contributed by atoms with Gasteiger partial charge >= 0.3 is 0 Å². The minimum atomic E-state index is -3.56. The number of imide groups is 1. The fourth-order valence-electron chi connectivity index (χ4n) is 3.34. The van der Waals surface area contributed by atoms with Crippen molar-refractivity contribution in [1.82, 2.24) is 14.8 Å². The Kier molecular flexibility index (Phi) is 4.01. The third-order valence-corrected chi connectivity index (χ3v) is 6.61. The number of amides is 2. The maximum absolute atomic E-state index is 12.4. The highest BCUT2D eigenvalue weighted by molar-refractivity contribution is 7.89. The Balaban J connectivity index is 1.90. The molecule has 1 aromatic heterocycles. The van der Waals surface area contributed by atoms with Crippen LogP contribution in [0, 0.1) is 0 Å². The highest BCUT2D eigenvalue weighted by atomic mass is 32.2. The lowest BCUT2D eigenvalue weighted by molar-refractivity contribution is -0.134. The van der Waals surface area contributed by atoms with E-state index in [2.05, 4.69) is 10.5 Å². The van der Waals surface area contributed by atoms with E-state index in [0.29, 0.717) is 28.5 Å². The summed E-state index contributed by atoms with van der Waals surface area (Å²) in [5.41, 5.74) is 0.967. The minimum absolute atomic E-state index is 0.179. The van der Waals surface area contributed by atoms with Crippen LogP contribution in [-0.2, 0) is 19.6 Å². The normalized spacial score (nSPS) is 18.4. The fourth-order valence-corrected chi connectivity index (χ4v) is 4.27. The van der Waals surface area contributed by atoms with Gasteiger partial charge in [0.15, 0.2) is 5.58 Å². The second-order valence-corrected chi connectivity index (χ2v) is 8.83. The quantitative estimate of drug-likeness (QED) is 0.686. The van der Waals surface area contributed by atoms with Gasteiger partial charge in [0.25, 0.3) is 0 Å². The Labute approximate surface area is 155 Å². The number of piperidine rings is 1. The van der Waals surface area contributed by atoms with Gasteiger partial charge in [-0.2, -0.15) is 0 Å². The molecule has 2 aromatic carbocycles. The third kappa shape index (κ3) is 2.79. The molecule has 140 valence electrons. The molecule has 27 heavy (non-hydrogen) atoms. The summed E-state index contributed by atoms with van der Waals surface area (Å²) in [5.74, 6) is -1.28. The highest BCUT2D eigenvalue weighted by Crippen LogP contribution is 2.35. The van der Waals surface area contributed by atoms with Crippen molar-refractivity contribution in [3.8, 4) is 0 Å². The number of sulfonamides is 1. The molecule has 2 heterocycles. The number of nitrogens with one attached hydrogen (secondary N) is 1. The number of benzene rings is 2. The van der Waals surface area contributed by atoms with E-state index in [1.165, 1.54) is 20.2 Å². The molecule has 1 atom stereocenters. The smallest absolute Gasteiger partial charge is 0.242 e. The molecule has 1 aliphatic heterocycles. The van der Waals surface area contributed by atoms with Crippen LogP contribution in [-0.4, -0.2) is 43.8 Å². The van der Waals surface area contributed by atoms with Gasteiger partial charge in [0.1, 0.15) is 5.69 Å². The number of nitrogens with zero attached hydrogens (tertiary/aromatic N) is 2. The van der Waals surface area contributed by atoms with E-state index in [-0.39, 0.29) is 17.2 Å². The summed E-state index contributed by atoms with van der Waals surface area (Å²) in [7, 11) is -0.609. The molecule has 0 aliphatic carbocycles. The van der Waals surface area contributed by atoms with E-state index < -0.39 is 21.8 Å². The van der Waals surface area contributed by atoms with Crippen molar-refractivity contribution in [2.75, 3.05) is 14.1 Å². The van der Waals surface area contributed by atoms with E-state index in [9.17, 15) is 18.0 Å². The Morgan fingerprint density at radius 3 is 2.67 bits per heavy atom. The summed E-state index contributed by atoms with van der Waals surface area (Å²) < 4.78 is 31.3. The molecule has 0 radical (unpaired) electrons. The predicted octanol–water partition coefficient (Wildman–Crippen LogP) is 1.75. The average Bonchev–Trinajstić information content (AvgIpc) is 3.05. The monoisotopic (exact) mass is 387 g/mol. The Bertz CT molecular complexity index is 1200. The predicted molar refractivity (Wildman–Crippen MR) is 97.5 cm³/mol. The molecule has 9 heteroatoms. The Hall–Kier alpha value is -2.78. The average molecular weight is 387 g/mol. The molecule has 3 aromatic rings. The molecule has 0 saturated carbocycles. The van der Waals surface area contributed by atoms with Gasteiger partial charge in [0.2, 0.25) is 21.8 Å². The van der Waals surface area contributed by atoms with Crippen LogP contribution in [0.4, 0.5) is 0 Å². The summed E-state index contributed by atoms with van der Waals surface area (Å²) >= 11 is 0. The highest BCUT2D eigenvalue weighted by Gasteiger charge is 2.32. The summed E-state index contributed by atoms with van der Waals surface area (Å²) in [6.07, 6.45) is 0.594. The van der Waals surface area contributed by atoms with Gasteiger partial charge in [-0.1, -0.05) is 17.3 Å². The number of hydrogen-bond donors (Lipinski definition) is 1. The zero-order valence-corrected chi connectivity index (χ0v) is 15.5. The maximum atomic E-state index is 12.4. The third-order valence-electron chi connectivity index (χ3n) is 4.80. The van der Waals surface area contributed by atoms with Crippen LogP contribution in [0.3, 0.4) is 0 Å². The van der Waals surface area contributed by atoms with E-state index >= 15 is 0 Å². The van der Waals surface area contributed by atoms with Crippen LogP contribution in [0.1, 0.15) is 24.5 Å². The van der Waals surface area contributed by atoms with Crippen LogP contribution in [0.2, 0.25) is 0 Å². The van der Waals surface area contributed by atoms with Gasteiger partial charge < -0.3 is 4.52 Å². The number of carbonyl (C=O) groups excluding carboxylic acids is 2. The first-order valence-electron chi connectivity index (χ1n) is 8.37. The standard InChI is InChI=1S/C18H17N3O5S/c1-21(2)27(24,25)11-4-5-12-10(9-11)3-7-14-16(12)17(20-26-14)13-6-8-15(22)19-18(13)23/h3-5,7,9,13H,6,8H2,1-2H3,(H,19,22,23). The van der Waals surface area contributed by atoms with Gasteiger partial charge in [-0.15, -0.1) is 0 Å². The van der Waals surface area contributed by atoms with Crippen molar-refractivity contribution in [2.45, 2.75) is 23.7 Å². The summed E-state index contributed by atoms with van der Waals surface area (Å²) in [4.78, 5) is 23.8. The molecule has 1 unspecified atom stereocenters. The first-order valence-corrected chi connectivity index (χ1v) is 9.81. The first-order chi connectivity index (χ1) is 12.8. The van der Waals surface area contributed by atoms with Crippen molar-refractivity contribution in [3.05, 3.63) is 36.0 Å². The van der Waals surface area contributed by atoms with E-state index in [4.69, 9.17) is 4.52 Å². The lowest BCUT2D eigenvalue weighted by Crippen LogP contribution is -2.39. The van der Waals surface area contributed by atoms with Gasteiger partial charge in [-0.05, 0) is 35.4 Å². The van der Waals surface area contributed by atoms with Crippen LogP contribution < -0.4 is 5.32 Å². The number of hydrogen-bond acceptors (Lipinski definition) is 6. The SMILES string of the molecule is CN(C)S(=O)(=O)c1ccc2c(ccc3onc(C4CCC(=O)NC4=O)c32)c1. The van der Waals surface area contributed by atoms with Crippen LogP contribution in [0.5, 0.6) is 0 Å². The van der Waals surface area contributed by atoms with Crippen LogP contribution in [0.15, 0.2) is 39.8 Å². The maximum Gasteiger partial charge on any atom is 0.242 e. The molecule has 0 bridgehead atoms. The van der Waals surface area contributed by atoms with E-state index in [0.717, 1.165) is 9.69 Å². The fraction of sp³-hybridized carbons (Fsp3) is 0.278. The Morgan fingerprint density at radius 2 is 1.96 bits per heavy atom. The van der Waals surface area contributed by atoms with Crippen molar-refractivity contribution < 1.29 is 22.5 Å². The Morgan fingerprint density at radius 1 is 1.19 bits per heavy atom. The molecular formula is C18H17N3O5S. The topological polar surface area (TPSA) is 110 Å². The van der Waals surface area contributed by atoms with Crippen molar-refractivity contribution in [3.63, 3.8) is 0 Å². The van der Waals surface area contributed by atoms with Gasteiger partial charge in [0.05, 0.1) is 16.2 Å². The molecule has 4 rings (SSSR count). The molecule has 1 saturated heterocycles. The molecule has 1 fully saturated rings. The number of rotatable bonds is 3. The lowest BCUT2D eigenvalue weighted by Gasteiger charge is -2.19. The number of fused-ring (bicyclic) bond motifs is 3. The van der Waals surface area contributed by atoms with Gasteiger partial charge in [0, 0.05) is 20.5 Å². The first kappa shape index (κ1) is 17.6. The second kappa shape index (κ2) is 6.14. The molecular weight excluding hydrogens is 370 g/mol. The number of aromatic nitrogens is 1. The molecule has 0 spiro atoms. The summed E-state index contributed by atoms with van der Waals surface area (Å²) in [5, 5.41) is 8.50. The van der Waals surface area contributed by atoms with Crippen LogP contribution >= 0.6 is 0 Å².